The number of carboxylic acids is 1. The molecule has 132 valence electrons. The Bertz CT molecular complexity index is 590. The third-order valence-corrected chi connectivity index (χ3v) is 3.21. The van der Waals surface area contributed by atoms with Crippen molar-refractivity contribution in [1.29, 1.82) is 0 Å². The lowest BCUT2D eigenvalue weighted by Crippen LogP contribution is -2.42. The van der Waals surface area contributed by atoms with Gasteiger partial charge in [0, 0.05) is 19.0 Å². The maximum absolute atomic E-state index is 12.0. The van der Waals surface area contributed by atoms with Gasteiger partial charge in [-0.05, 0) is 17.7 Å². The summed E-state index contributed by atoms with van der Waals surface area (Å²) in [5.74, 6) is -0.961. The van der Waals surface area contributed by atoms with Crippen molar-refractivity contribution >= 4 is 17.8 Å². The van der Waals surface area contributed by atoms with Gasteiger partial charge in [0.1, 0.15) is 5.75 Å². The Hall–Kier alpha value is -2.57. The van der Waals surface area contributed by atoms with E-state index in [0.29, 0.717) is 12.3 Å². The maximum atomic E-state index is 12.0. The van der Waals surface area contributed by atoms with Gasteiger partial charge in [0.05, 0.1) is 6.54 Å². The molecule has 0 fully saturated rings. The molecule has 0 aliphatic carbocycles. The molecule has 1 aromatic rings. The van der Waals surface area contributed by atoms with Gasteiger partial charge in [0.2, 0.25) is 11.8 Å². The van der Waals surface area contributed by atoms with E-state index in [1.807, 2.05) is 0 Å². The van der Waals surface area contributed by atoms with Crippen LogP contribution < -0.4 is 10.1 Å². The number of nitrogens with zero attached hydrogens (tertiary/aromatic N) is 1. The zero-order valence-corrected chi connectivity index (χ0v) is 14.5. The first-order chi connectivity index (χ1) is 11.1. The van der Waals surface area contributed by atoms with Gasteiger partial charge >= 0.3 is 5.97 Å². The molecule has 0 aromatic heterocycles. The normalized spacial score (nSPS) is 10.8. The number of nitrogens with one attached hydrogen (secondary N) is 1. The molecule has 7 nitrogen and oxygen atoms in total. The fraction of sp³-hybridized carbons (Fsp3) is 0.471. The van der Waals surface area contributed by atoms with E-state index in [1.165, 1.54) is 4.90 Å². The summed E-state index contributed by atoms with van der Waals surface area (Å²) in [7, 11) is 1.65. The smallest absolute Gasteiger partial charge is 0.341 e. The highest BCUT2D eigenvalue weighted by Crippen LogP contribution is 2.14. The van der Waals surface area contributed by atoms with Gasteiger partial charge in [-0.3, -0.25) is 9.59 Å². The van der Waals surface area contributed by atoms with E-state index >= 15 is 0 Å². The van der Waals surface area contributed by atoms with Crippen LogP contribution in [0.3, 0.4) is 0 Å². The Morgan fingerprint density at radius 3 is 2.25 bits per heavy atom. The van der Waals surface area contributed by atoms with Gasteiger partial charge < -0.3 is 20.1 Å². The lowest BCUT2D eigenvalue weighted by molar-refractivity contribution is -0.139. The summed E-state index contributed by atoms with van der Waals surface area (Å²) in [6.45, 7) is 5.28. The minimum absolute atomic E-state index is 0.0492. The van der Waals surface area contributed by atoms with Crippen LogP contribution in [0.5, 0.6) is 5.75 Å². The quantitative estimate of drug-likeness (QED) is 0.782. The highest BCUT2D eigenvalue weighted by Gasteiger charge is 2.22. The van der Waals surface area contributed by atoms with Crippen LogP contribution >= 0.6 is 0 Å². The first-order valence-electron chi connectivity index (χ1n) is 7.55. The monoisotopic (exact) mass is 336 g/mol. The Morgan fingerprint density at radius 2 is 1.75 bits per heavy atom. The average Bonchev–Trinajstić information content (AvgIpc) is 2.50. The molecule has 7 heteroatoms. The number of carbonyl (C=O) groups is 3. The number of likely N-dealkylation sites (N-methyl/N-ethyl adjacent to an activating group) is 1. The van der Waals surface area contributed by atoms with Crippen molar-refractivity contribution in [1.82, 2.24) is 10.2 Å². The summed E-state index contributed by atoms with van der Waals surface area (Å²) >= 11 is 0. The van der Waals surface area contributed by atoms with Crippen LogP contribution in [0.25, 0.3) is 0 Å². The van der Waals surface area contributed by atoms with Gasteiger partial charge in [0.15, 0.2) is 6.61 Å². The minimum Gasteiger partial charge on any atom is -0.482 e. The standard InChI is InChI=1S/C17H24N2O5/c1-17(2,3)16(23)18-9-14(20)19(4)10-12-5-7-13(8-6-12)24-11-15(21)22/h5-8H,9-11H2,1-4H3,(H,18,23)(H,21,22). The number of ether oxygens (including phenoxy) is 1. The largest absolute Gasteiger partial charge is 0.482 e. The molecule has 2 amide bonds. The van der Waals surface area contributed by atoms with Crippen molar-refractivity contribution < 1.29 is 24.2 Å². The number of amides is 2. The molecule has 0 aliphatic heterocycles. The number of benzene rings is 1. The van der Waals surface area contributed by atoms with Crippen LogP contribution in [0.2, 0.25) is 0 Å². The first kappa shape index (κ1) is 19.5. The Morgan fingerprint density at radius 1 is 1.17 bits per heavy atom. The van der Waals surface area contributed by atoms with Crippen molar-refractivity contribution in [2.75, 3.05) is 20.2 Å². The Labute approximate surface area is 141 Å². The summed E-state index contributed by atoms with van der Waals surface area (Å²) in [5, 5.41) is 11.2. The van der Waals surface area contributed by atoms with E-state index in [-0.39, 0.29) is 18.4 Å². The summed E-state index contributed by atoms with van der Waals surface area (Å²) < 4.78 is 5.04. The molecular weight excluding hydrogens is 312 g/mol. The van der Waals surface area contributed by atoms with Crippen molar-refractivity contribution in [2.45, 2.75) is 27.3 Å². The summed E-state index contributed by atoms with van der Waals surface area (Å²) in [6, 6.07) is 6.82. The second-order valence-electron chi connectivity index (χ2n) is 6.51. The molecule has 0 atom stereocenters. The molecule has 0 saturated heterocycles. The SMILES string of the molecule is CN(Cc1ccc(OCC(=O)O)cc1)C(=O)CNC(=O)C(C)(C)C. The molecular formula is C17H24N2O5. The van der Waals surface area contributed by atoms with Crippen LogP contribution in [0, 0.1) is 5.41 Å². The van der Waals surface area contributed by atoms with Crippen molar-refractivity contribution in [3.8, 4) is 5.75 Å². The van der Waals surface area contributed by atoms with Crippen molar-refractivity contribution in [3.63, 3.8) is 0 Å². The zero-order valence-electron chi connectivity index (χ0n) is 14.5. The predicted molar refractivity (Wildman–Crippen MR) is 88.5 cm³/mol. The number of hydrogen-bond acceptors (Lipinski definition) is 4. The number of carboxylic acid groups (broad SMARTS) is 1. The molecule has 0 radical (unpaired) electrons. The fourth-order valence-corrected chi connectivity index (χ4v) is 1.75. The molecule has 0 heterocycles. The third-order valence-electron chi connectivity index (χ3n) is 3.21. The Kier molecular flexibility index (Phi) is 6.76. The first-order valence-corrected chi connectivity index (χ1v) is 7.55. The number of aliphatic carboxylic acids is 1. The van der Waals surface area contributed by atoms with E-state index in [4.69, 9.17) is 9.84 Å². The van der Waals surface area contributed by atoms with Crippen LogP contribution in [-0.4, -0.2) is 48.0 Å². The van der Waals surface area contributed by atoms with E-state index in [0.717, 1.165) is 5.56 Å². The molecule has 24 heavy (non-hydrogen) atoms. The summed E-state index contributed by atoms with van der Waals surface area (Å²) in [5.41, 5.74) is 0.334. The topological polar surface area (TPSA) is 95.9 Å². The van der Waals surface area contributed by atoms with Gasteiger partial charge in [-0.2, -0.15) is 0 Å². The van der Waals surface area contributed by atoms with Crippen LogP contribution in [0.15, 0.2) is 24.3 Å². The fourth-order valence-electron chi connectivity index (χ4n) is 1.75. The second-order valence-corrected chi connectivity index (χ2v) is 6.51. The van der Waals surface area contributed by atoms with Gasteiger partial charge in [0.25, 0.3) is 0 Å². The van der Waals surface area contributed by atoms with E-state index in [2.05, 4.69) is 5.32 Å². The zero-order chi connectivity index (χ0) is 18.3. The maximum Gasteiger partial charge on any atom is 0.341 e. The van der Waals surface area contributed by atoms with Crippen molar-refractivity contribution in [3.05, 3.63) is 29.8 Å². The summed E-state index contributed by atoms with van der Waals surface area (Å²) in [6.07, 6.45) is 0. The second kappa shape index (κ2) is 8.33. The molecule has 0 unspecified atom stereocenters. The minimum atomic E-state index is -1.04. The molecule has 0 spiro atoms. The van der Waals surface area contributed by atoms with Crippen molar-refractivity contribution in [2.24, 2.45) is 5.41 Å². The van der Waals surface area contributed by atoms with Crippen LogP contribution in [0.4, 0.5) is 0 Å². The predicted octanol–water partition coefficient (Wildman–Crippen LogP) is 1.27. The molecule has 1 rings (SSSR count). The number of hydrogen-bond donors (Lipinski definition) is 2. The third kappa shape index (κ3) is 6.68. The highest BCUT2D eigenvalue weighted by molar-refractivity contribution is 5.87. The molecule has 0 bridgehead atoms. The average molecular weight is 336 g/mol. The van der Waals surface area contributed by atoms with Gasteiger partial charge in [-0.25, -0.2) is 4.79 Å². The molecule has 0 saturated carbocycles. The van der Waals surface area contributed by atoms with E-state index in [1.54, 1.807) is 52.1 Å². The van der Waals surface area contributed by atoms with E-state index in [9.17, 15) is 14.4 Å². The molecule has 0 aliphatic rings. The molecule has 1 aromatic carbocycles. The van der Waals surface area contributed by atoms with Crippen LogP contribution in [0.1, 0.15) is 26.3 Å². The highest BCUT2D eigenvalue weighted by atomic mass is 16.5. The van der Waals surface area contributed by atoms with Gasteiger partial charge in [-0.15, -0.1) is 0 Å². The number of rotatable bonds is 7. The Balaban J connectivity index is 2.49. The van der Waals surface area contributed by atoms with Crippen LogP contribution in [-0.2, 0) is 20.9 Å². The van der Waals surface area contributed by atoms with Gasteiger partial charge in [-0.1, -0.05) is 32.9 Å². The number of carbonyl (C=O) groups excluding carboxylic acids is 2. The summed E-state index contributed by atoms with van der Waals surface area (Å²) in [4.78, 5) is 35.7. The lowest BCUT2D eigenvalue weighted by atomic mass is 9.96. The molecule has 2 N–H and O–H groups in total. The lowest BCUT2D eigenvalue weighted by Gasteiger charge is -2.21. The van der Waals surface area contributed by atoms with E-state index < -0.39 is 18.0 Å².